The molecule has 0 saturated carbocycles. The van der Waals surface area contributed by atoms with E-state index >= 15 is 0 Å². The number of ether oxygens (including phenoxy) is 1. The largest absolute Gasteiger partial charge is 0.487 e. The number of halogens is 2. The lowest BCUT2D eigenvalue weighted by Gasteiger charge is -2.35. The van der Waals surface area contributed by atoms with Gasteiger partial charge in [0.25, 0.3) is 0 Å². The summed E-state index contributed by atoms with van der Waals surface area (Å²) in [5.41, 5.74) is 3.13. The van der Waals surface area contributed by atoms with Gasteiger partial charge in [0.05, 0.1) is 24.1 Å². The molecule has 0 radical (unpaired) electrons. The molecule has 0 aliphatic carbocycles. The first kappa shape index (κ1) is 24.6. The van der Waals surface area contributed by atoms with Gasteiger partial charge in [-0.05, 0) is 19.1 Å². The lowest BCUT2D eigenvalue weighted by Crippen LogP contribution is -2.40. The van der Waals surface area contributed by atoms with Gasteiger partial charge in [-0.1, -0.05) is 0 Å². The molecule has 192 valence electrons. The van der Waals surface area contributed by atoms with Crippen molar-refractivity contribution in [3.8, 4) is 17.0 Å². The first-order chi connectivity index (χ1) is 17.2. The fraction of sp³-hybridized carbons (Fsp3) is 0.458. The summed E-state index contributed by atoms with van der Waals surface area (Å²) in [5, 5.41) is 4.40. The molecule has 1 N–H and O–H groups in total. The van der Waals surface area contributed by atoms with Crippen molar-refractivity contribution >= 4 is 15.7 Å². The van der Waals surface area contributed by atoms with Crippen molar-refractivity contribution in [2.24, 2.45) is 0 Å². The molecule has 2 aliphatic heterocycles. The van der Waals surface area contributed by atoms with E-state index in [1.165, 1.54) is 18.4 Å². The first-order valence-electron chi connectivity index (χ1n) is 12.0. The van der Waals surface area contributed by atoms with E-state index in [4.69, 9.17) is 19.5 Å². The molecule has 36 heavy (non-hydrogen) atoms. The smallest absolute Gasteiger partial charge is 0.167 e. The van der Waals surface area contributed by atoms with Crippen LogP contribution >= 0.6 is 0 Å². The maximum absolute atomic E-state index is 14.0. The van der Waals surface area contributed by atoms with E-state index in [9.17, 15) is 13.0 Å². The Bertz CT molecular complexity index is 1370. The molecular weight excluding hydrogens is 488 g/mol. The molecule has 0 amide bonds. The molecule has 0 bridgehead atoms. The van der Waals surface area contributed by atoms with Crippen LogP contribution in [-0.2, 0) is 29.4 Å². The maximum atomic E-state index is 14.0. The number of nitrogens with zero attached hydrogens (tertiary/aromatic N) is 6. The van der Waals surface area contributed by atoms with Crippen LogP contribution in [0, 0.1) is 16.4 Å². The zero-order chi connectivity index (χ0) is 25.4. The monoisotopic (exact) mass is 517 g/mol. The van der Waals surface area contributed by atoms with Gasteiger partial charge < -0.3 is 9.64 Å². The standard InChI is InChI=1S/C24H29F2N7O2S/c1-3-32-14-16(13-28-32)23-24(30-20-8-11-33(36(2,27)34)15-21(20)29-23)31-9-6-18(7-10-31)35-22-5-4-17(25)12-19(22)26/h4-5,12-14,18,27H,3,6-11,15H2,1-2H3. The summed E-state index contributed by atoms with van der Waals surface area (Å²) >= 11 is 0. The molecule has 1 atom stereocenters. The number of hydrogen-bond acceptors (Lipinski definition) is 7. The molecule has 1 aromatic carbocycles. The molecule has 2 aromatic heterocycles. The third kappa shape index (κ3) is 5.05. The summed E-state index contributed by atoms with van der Waals surface area (Å²) in [4.78, 5) is 12.1. The average molecular weight is 518 g/mol. The molecule has 12 heteroatoms. The highest BCUT2D eigenvalue weighted by Gasteiger charge is 2.29. The van der Waals surface area contributed by atoms with E-state index in [2.05, 4.69) is 10.00 Å². The van der Waals surface area contributed by atoms with Crippen LogP contribution in [0.5, 0.6) is 5.75 Å². The van der Waals surface area contributed by atoms with Crippen LogP contribution in [0.1, 0.15) is 31.2 Å². The number of nitrogens with one attached hydrogen (secondary N) is 1. The number of hydrogen-bond donors (Lipinski definition) is 1. The lowest BCUT2D eigenvalue weighted by molar-refractivity contribution is 0.163. The van der Waals surface area contributed by atoms with E-state index in [0.29, 0.717) is 51.1 Å². The van der Waals surface area contributed by atoms with Gasteiger partial charge in [-0.25, -0.2) is 32.0 Å². The van der Waals surface area contributed by atoms with Gasteiger partial charge >= 0.3 is 0 Å². The van der Waals surface area contributed by atoms with Crippen LogP contribution in [0.3, 0.4) is 0 Å². The molecule has 2 aliphatic rings. The van der Waals surface area contributed by atoms with E-state index < -0.39 is 21.5 Å². The van der Waals surface area contributed by atoms with Crippen LogP contribution in [0.25, 0.3) is 11.3 Å². The summed E-state index contributed by atoms with van der Waals surface area (Å²) in [7, 11) is -2.84. The Morgan fingerprint density at radius 2 is 1.94 bits per heavy atom. The molecule has 0 spiro atoms. The maximum Gasteiger partial charge on any atom is 0.167 e. The van der Waals surface area contributed by atoms with Gasteiger partial charge in [-0.2, -0.15) is 5.10 Å². The van der Waals surface area contributed by atoms with Crippen LogP contribution in [-0.4, -0.2) is 60.3 Å². The Morgan fingerprint density at radius 1 is 1.17 bits per heavy atom. The number of fused-ring (bicyclic) bond motifs is 1. The molecular formula is C24H29F2N7O2S. The second kappa shape index (κ2) is 9.74. The molecule has 1 fully saturated rings. The molecule has 4 heterocycles. The van der Waals surface area contributed by atoms with Gasteiger partial charge in [0, 0.05) is 69.5 Å². The van der Waals surface area contributed by atoms with E-state index in [-0.39, 0.29) is 11.9 Å². The Hall–Kier alpha value is -3.12. The van der Waals surface area contributed by atoms with Crippen LogP contribution in [0.15, 0.2) is 30.6 Å². The second-order valence-corrected chi connectivity index (χ2v) is 11.3. The Kier molecular flexibility index (Phi) is 6.64. The van der Waals surface area contributed by atoms with Crippen molar-refractivity contribution in [1.29, 1.82) is 4.78 Å². The second-order valence-electron chi connectivity index (χ2n) is 9.17. The average Bonchev–Trinajstić information content (AvgIpc) is 3.34. The fourth-order valence-corrected chi connectivity index (χ4v) is 5.41. The summed E-state index contributed by atoms with van der Waals surface area (Å²) in [5.74, 6) is -0.521. The van der Waals surface area contributed by atoms with E-state index in [0.717, 1.165) is 35.4 Å². The Labute approximate surface area is 209 Å². The third-order valence-corrected chi connectivity index (χ3v) is 7.91. The summed E-state index contributed by atoms with van der Waals surface area (Å²) < 4.78 is 56.9. The Balaban J connectivity index is 1.40. The fourth-order valence-electron chi connectivity index (χ4n) is 4.60. The molecule has 1 saturated heterocycles. The SMILES string of the molecule is CCn1cc(-c2nc3c(nc2N2CCC(Oc4ccc(F)cc4F)CC2)CCN(S(C)(=N)=O)C3)cn1. The predicted molar refractivity (Wildman–Crippen MR) is 132 cm³/mol. The van der Waals surface area contributed by atoms with E-state index in [1.54, 1.807) is 10.5 Å². The quantitative estimate of drug-likeness (QED) is 0.536. The highest BCUT2D eigenvalue weighted by molar-refractivity contribution is 7.89. The zero-order valence-corrected chi connectivity index (χ0v) is 21.1. The number of anilines is 1. The van der Waals surface area contributed by atoms with Crippen molar-refractivity contribution in [2.45, 2.75) is 45.4 Å². The van der Waals surface area contributed by atoms with Gasteiger partial charge in [0.15, 0.2) is 17.4 Å². The van der Waals surface area contributed by atoms with Crippen molar-refractivity contribution < 1.29 is 17.7 Å². The van der Waals surface area contributed by atoms with Crippen molar-refractivity contribution in [3.05, 3.63) is 53.6 Å². The van der Waals surface area contributed by atoms with Gasteiger partial charge in [0.2, 0.25) is 0 Å². The van der Waals surface area contributed by atoms with Crippen LogP contribution < -0.4 is 9.64 Å². The minimum absolute atomic E-state index is 0.0579. The van der Waals surface area contributed by atoms with Crippen LogP contribution in [0.2, 0.25) is 0 Å². The summed E-state index contributed by atoms with van der Waals surface area (Å²) in [6.07, 6.45) is 6.79. The number of rotatable bonds is 6. The van der Waals surface area contributed by atoms with Crippen molar-refractivity contribution in [2.75, 3.05) is 30.8 Å². The number of piperidine rings is 1. The zero-order valence-electron chi connectivity index (χ0n) is 20.3. The number of aromatic nitrogens is 4. The summed E-state index contributed by atoms with van der Waals surface area (Å²) in [6, 6.07) is 3.34. The van der Waals surface area contributed by atoms with E-state index in [1.807, 2.05) is 17.8 Å². The number of benzene rings is 1. The normalized spacial score (nSPS) is 18.6. The molecule has 9 nitrogen and oxygen atoms in total. The minimum atomic E-state index is -2.84. The minimum Gasteiger partial charge on any atom is -0.487 e. The van der Waals surface area contributed by atoms with Gasteiger partial charge in [0.1, 0.15) is 27.5 Å². The first-order valence-corrected chi connectivity index (χ1v) is 13.9. The molecule has 3 aromatic rings. The highest BCUT2D eigenvalue weighted by Crippen LogP contribution is 2.33. The van der Waals surface area contributed by atoms with Gasteiger partial charge in [-0.15, -0.1) is 0 Å². The van der Waals surface area contributed by atoms with Crippen molar-refractivity contribution in [3.63, 3.8) is 0 Å². The van der Waals surface area contributed by atoms with Crippen LogP contribution in [0.4, 0.5) is 14.6 Å². The third-order valence-electron chi connectivity index (χ3n) is 6.61. The Morgan fingerprint density at radius 3 is 2.61 bits per heavy atom. The van der Waals surface area contributed by atoms with Gasteiger partial charge in [-0.3, -0.25) is 4.68 Å². The lowest BCUT2D eigenvalue weighted by atomic mass is 10.1. The van der Waals surface area contributed by atoms with Crippen molar-refractivity contribution in [1.82, 2.24) is 24.1 Å². The predicted octanol–water partition coefficient (Wildman–Crippen LogP) is 3.64. The molecule has 1 unspecified atom stereocenters. The number of aryl methyl sites for hydroxylation is 1. The summed E-state index contributed by atoms with van der Waals surface area (Å²) in [6.45, 7) is 4.81. The highest BCUT2D eigenvalue weighted by atomic mass is 32.2. The molecule has 5 rings (SSSR count). The topological polar surface area (TPSA) is 100 Å².